The highest BCUT2D eigenvalue weighted by Crippen LogP contribution is 2.37. The lowest BCUT2D eigenvalue weighted by Gasteiger charge is -2.45. The van der Waals surface area contributed by atoms with E-state index in [0.717, 1.165) is 29.4 Å². The van der Waals surface area contributed by atoms with Crippen LogP contribution in [0.2, 0.25) is 0 Å². The van der Waals surface area contributed by atoms with Crippen LogP contribution >= 0.6 is 15.9 Å². The van der Waals surface area contributed by atoms with Crippen molar-refractivity contribution in [2.24, 2.45) is 0 Å². The number of methoxy groups -OCH3 is 2. The number of benzene rings is 1. The summed E-state index contributed by atoms with van der Waals surface area (Å²) in [5, 5.41) is 6.29. The molecule has 4 rings (SSSR count). The Balaban J connectivity index is 1.75. The third kappa shape index (κ3) is 4.06. The van der Waals surface area contributed by atoms with Gasteiger partial charge in [0.1, 0.15) is 0 Å². The summed E-state index contributed by atoms with van der Waals surface area (Å²) in [5.41, 5.74) is 0.845. The number of rotatable bonds is 5. The number of ether oxygens (including phenoxy) is 2. The summed E-state index contributed by atoms with van der Waals surface area (Å²) in [5.74, 6) is 0.175. The molecule has 2 unspecified atom stereocenters. The van der Waals surface area contributed by atoms with Gasteiger partial charge in [0, 0.05) is 29.6 Å². The maximum Gasteiger partial charge on any atom is 0.312 e. The normalized spacial score (nSPS) is 22.3. The average molecular weight is 440 g/mol. The Morgan fingerprint density at radius 2 is 2.00 bits per heavy atom. The lowest BCUT2D eigenvalue weighted by atomic mass is 9.93. The molecule has 8 heteroatoms. The molecule has 0 saturated carbocycles. The number of amides is 2. The van der Waals surface area contributed by atoms with Crippen molar-refractivity contribution in [3.8, 4) is 11.5 Å². The van der Waals surface area contributed by atoms with Crippen LogP contribution in [0.25, 0.3) is 0 Å². The maximum atomic E-state index is 12.7. The molecule has 148 valence electrons. The number of hydrogen-bond acceptors (Lipinski definition) is 5. The first-order chi connectivity index (χ1) is 13.0. The number of hydrogen-bond donors (Lipinski definition) is 2. The predicted octanol–water partition coefficient (Wildman–Crippen LogP) is 2.00. The third-order valence-electron chi connectivity index (χ3n) is 5.40. The van der Waals surface area contributed by atoms with Crippen molar-refractivity contribution in [1.82, 2.24) is 15.5 Å². The Morgan fingerprint density at radius 1 is 1.30 bits per heavy atom. The SMILES string of the molecule is CC[C@@H](NC(=O)C(=O)N1CC2CCC1CN2)c1cc(OC)c(OC)cc1Br. The summed E-state index contributed by atoms with van der Waals surface area (Å²) in [6.07, 6.45) is 2.65. The van der Waals surface area contributed by atoms with Crippen LogP contribution in [0.1, 0.15) is 37.8 Å². The molecule has 2 bridgehead atoms. The maximum absolute atomic E-state index is 12.7. The van der Waals surface area contributed by atoms with Crippen LogP contribution in [0.15, 0.2) is 16.6 Å². The van der Waals surface area contributed by atoms with Gasteiger partial charge in [0.25, 0.3) is 0 Å². The van der Waals surface area contributed by atoms with E-state index in [1.807, 2.05) is 13.0 Å². The predicted molar refractivity (Wildman–Crippen MR) is 105 cm³/mol. The molecule has 1 aromatic rings. The van der Waals surface area contributed by atoms with Crippen molar-refractivity contribution in [2.45, 2.75) is 44.3 Å². The molecule has 7 nitrogen and oxygen atoms in total. The zero-order valence-electron chi connectivity index (χ0n) is 15.9. The van der Waals surface area contributed by atoms with E-state index in [1.54, 1.807) is 25.2 Å². The molecular formula is C19H26BrN3O4. The van der Waals surface area contributed by atoms with Gasteiger partial charge in [0.15, 0.2) is 11.5 Å². The molecule has 3 atom stereocenters. The molecular weight excluding hydrogens is 414 g/mol. The van der Waals surface area contributed by atoms with Crippen LogP contribution in [0.5, 0.6) is 11.5 Å². The Kier molecular flexibility index (Phi) is 6.26. The summed E-state index contributed by atoms with van der Waals surface area (Å²) in [4.78, 5) is 27.1. The van der Waals surface area contributed by atoms with Crippen molar-refractivity contribution >= 4 is 27.7 Å². The second kappa shape index (κ2) is 8.48. The standard InChI is InChI=1S/C19H26BrN3O4/c1-4-15(13-7-16(26-2)17(27-3)8-14(13)20)22-18(24)19(25)23-10-11-5-6-12(23)9-21-11/h7-8,11-12,15,21H,4-6,9-10H2,1-3H3,(H,22,24)/t11?,12?,15-/m1/s1. The first-order valence-corrected chi connectivity index (χ1v) is 10.0. The van der Waals surface area contributed by atoms with Gasteiger partial charge >= 0.3 is 11.8 Å². The first kappa shape index (κ1) is 19.9. The number of halogens is 1. The van der Waals surface area contributed by atoms with Gasteiger partial charge in [-0.1, -0.05) is 22.9 Å². The molecule has 3 fully saturated rings. The fourth-order valence-corrected chi connectivity index (χ4v) is 4.44. The number of fused-ring (bicyclic) bond motifs is 3. The molecule has 3 heterocycles. The van der Waals surface area contributed by atoms with E-state index in [2.05, 4.69) is 26.6 Å². The number of piperidine rings is 2. The molecule has 3 saturated heterocycles. The second-order valence-corrected chi connectivity index (χ2v) is 7.81. The fraction of sp³-hybridized carbons (Fsp3) is 0.579. The van der Waals surface area contributed by atoms with E-state index in [-0.39, 0.29) is 12.1 Å². The van der Waals surface area contributed by atoms with Gasteiger partial charge < -0.3 is 25.0 Å². The minimum absolute atomic E-state index is 0.112. The van der Waals surface area contributed by atoms with Crippen LogP contribution in [-0.4, -0.2) is 56.1 Å². The Morgan fingerprint density at radius 3 is 2.52 bits per heavy atom. The van der Waals surface area contributed by atoms with Gasteiger partial charge in [-0.25, -0.2) is 0 Å². The summed E-state index contributed by atoms with van der Waals surface area (Å²) in [6.45, 7) is 3.33. The number of nitrogens with one attached hydrogen (secondary N) is 2. The van der Waals surface area contributed by atoms with Crippen molar-refractivity contribution in [3.05, 3.63) is 22.2 Å². The van der Waals surface area contributed by atoms with Crippen LogP contribution in [0.4, 0.5) is 0 Å². The fourth-order valence-electron chi connectivity index (χ4n) is 3.84. The quantitative estimate of drug-likeness (QED) is 0.685. The van der Waals surface area contributed by atoms with Crippen molar-refractivity contribution < 1.29 is 19.1 Å². The smallest absolute Gasteiger partial charge is 0.312 e. The van der Waals surface area contributed by atoms with E-state index >= 15 is 0 Å². The van der Waals surface area contributed by atoms with Gasteiger partial charge in [-0.15, -0.1) is 0 Å². The minimum Gasteiger partial charge on any atom is -0.493 e. The van der Waals surface area contributed by atoms with Crippen molar-refractivity contribution in [3.63, 3.8) is 0 Å². The molecule has 2 amide bonds. The van der Waals surface area contributed by atoms with Crippen LogP contribution in [-0.2, 0) is 9.59 Å². The van der Waals surface area contributed by atoms with E-state index < -0.39 is 11.8 Å². The minimum atomic E-state index is -0.559. The van der Waals surface area contributed by atoms with Gasteiger partial charge in [0.05, 0.1) is 20.3 Å². The summed E-state index contributed by atoms with van der Waals surface area (Å²) in [6, 6.07) is 3.74. The molecule has 0 radical (unpaired) electrons. The van der Waals surface area contributed by atoms with E-state index in [0.29, 0.717) is 30.5 Å². The Bertz CT molecular complexity index is 719. The number of piperazine rings is 1. The molecule has 0 spiro atoms. The molecule has 1 aromatic carbocycles. The van der Waals surface area contributed by atoms with Crippen LogP contribution in [0, 0.1) is 0 Å². The zero-order chi connectivity index (χ0) is 19.6. The summed E-state index contributed by atoms with van der Waals surface area (Å²) in [7, 11) is 3.14. The first-order valence-electron chi connectivity index (χ1n) is 9.24. The van der Waals surface area contributed by atoms with E-state index in [9.17, 15) is 9.59 Å². The number of nitrogens with zero attached hydrogens (tertiary/aromatic N) is 1. The lowest BCUT2D eigenvalue weighted by Crippen LogP contribution is -2.64. The Hall–Kier alpha value is -1.80. The largest absolute Gasteiger partial charge is 0.493 e. The third-order valence-corrected chi connectivity index (χ3v) is 6.08. The molecule has 27 heavy (non-hydrogen) atoms. The number of carbonyl (C=O) groups excluding carboxylic acids is 2. The van der Waals surface area contributed by atoms with Crippen LogP contribution in [0.3, 0.4) is 0 Å². The average Bonchev–Trinajstić information content (AvgIpc) is 2.71. The molecule has 3 aliphatic heterocycles. The highest BCUT2D eigenvalue weighted by Gasteiger charge is 2.38. The lowest BCUT2D eigenvalue weighted by molar-refractivity contribution is -0.150. The molecule has 3 aliphatic rings. The van der Waals surface area contributed by atoms with Crippen LogP contribution < -0.4 is 20.1 Å². The van der Waals surface area contributed by atoms with Crippen molar-refractivity contribution in [2.75, 3.05) is 27.3 Å². The topological polar surface area (TPSA) is 79.9 Å². The molecule has 0 aromatic heterocycles. The summed E-state index contributed by atoms with van der Waals surface area (Å²) >= 11 is 3.53. The Labute approximate surface area is 167 Å². The van der Waals surface area contributed by atoms with Gasteiger partial charge in [-0.3, -0.25) is 9.59 Å². The van der Waals surface area contributed by atoms with Crippen molar-refractivity contribution in [1.29, 1.82) is 0 Å². The van der Waals surface area contributed by atoms with E-state index in [4.69, 9.17) is 9.47 Å². The monoisotopic (exact) mass is 439 g/mol. The number of carbonyl (C=O) groups is 2. The second-order valence-electron chi connectivity index (χ2n) is 6.96. The molecule has 2 N–H and O–H groups in total. The summed E-state index contributed by atoms with van der Waals surface area (Å²) < 4.78 is 11.5. The highest BCUT2D eigenvalue weighted by atomic mass is 79.9. The van der Waals surface area contributed by atoms with Gasteiger partial charge in [0.2, 0.25) is 0 Å². The molecule has 0 aliphatic carbocycles. The highest BCUT2D eigenvalue weighted by molar-refractivity contribution is 9.10. The van der Waals surface area contributed by atoms with E-state index in [1.165, 1.54) is 0 Å². The zero-order valence-corrected chi connectivity index (χ0v) is 17.5. The van der Waals surface area contributed by atoms with Gasteiger partial charge in [-0.05, 0) is 37.0 Å². The van der Waals surface area contributed by atoms with Gasteiger partial charge in [-0.2, -0.15) is 0 Å².